The van der Waals surface area contributed by atoms with Crippen molar-refractivity contribution < 1.29 is 5.11 Å². The highest BCUT2D eigenvalue weighted by Crippen LogP contribution is 2.39. The Labute approximate surface area is 92.1 Å². The summed E-state index contributed by atoms with van der Waals surface area (Å²) < 4.78 is 4.17. The zero-order chi connectivity index (χ0) is 10.4. The van der Waals surface area contributed by atoms with Gasteiger partial charge in [0.15, 0.2) is 0 Å². The lowest BCUT2D eigenvalue weighted by Gasteiger charge is -2.01. The molecule has 2 aliphatic rings. The van der Waals surface area contributed by atoms with Gasteiger partial charge in [0, 0.05) is 21.3 Å². The minimum Gasteiger partial charge on any atom is -0.285 e. The molecule has 1 aliphatic carbocycles. The van der Waals surface area contributed by atoms with Crippen molar-refractivity contribution in [3.63, 3.8) is 0 Å². The number of aromatic nitrogens is 1. The molecule has 1 radical (unpaired) electrons. The van der Waals surface area contributed by atoms with Gasteiger partial charge >= 0.3 is 0 Å². The summed E-state index contributed by atoms with van der Waals surface area (Å²) >= 11 is 0. The van der Waals surface area contributed by atoms with Crippen LogP contribution in [-0.2, 0) is 5.11 Å². The first-order chi connectivity index (χ1) is 7.29. The topological polar surface area (TPSA) is 49.9 Å². The molecule has 3 rings (SSSR count). The fraction of sp³-hybridized carbons (Fsp3) is 0. The highest BCUT2D eigenvalue weighted by molar-refractivity contribution is 7.68. The molecular formula is C10H4NO2S2. The molecule has 0 atom stereocenters. The Balaban J connectivity index is 2.70. The molecule has 0 saturated carbocycles. The number of hydrogen-bond donors (Lipinski definition) is 0. The molecule has 73 valence electrons. The Kier molecular flexibility index (Phi) is 1.77. The third-order valence-electron chi connectivity index (χ3n) is 2.30. The van der Waals surface area contributed by atoms with Crippen molar-refractivity contribution in [1.29, 1.82) is 0 Å². The molecule has 1 aromatic carbocycles. The van der Waals surface area contributed by atoms with Crippen LogP contribution in [0.3, 0.4) is 0 Å². The highest BCUT2D eigenvalue weighted by atomic mass is 32.9. The predicted molar refractivity (Wildman–Crippen MR) is 60.5 cm³/mol. The summed E-state index contributed by atoms with van der Waals surface area (Å²) in [7, 11) is 2.50. The largest absolute Gasteiger partial charge is 0.285 e. The second-order valence-electron chi connectivity index (χ2n) is 3.13. The van der Waals surface area contributed by atoms with Crippen molar-refractivity contribution in [2.45, 2.75) is 0 Å². The van der Waals surface area contributed by atoms with E-state index < -0.39 is 11.2 Å². The van der Waals surface area contributed by atoms with E-state index in [0.29, 0.717) is 16.0 Å². The van der Waals surface area contributed by atoms with E-state index >= 15 is 0 Å². The van der Waals surface area contributed by atoms with E-state index in [-0.39, 0.29) is 0 Å². The third kappa shape index (κ3) is 1.10. The van der Waals surface area contributed by atoms with Crippen LogP contribution in [0.15, 0.2) is 29.1 Å². The van der Waals surface area contributed by atoms with Crippen LogP contribution in [0.5, 0.6) is 5.75 Å². The molecular weight excluding hydrogens is 230 g/mol. The first-order valence-electron chi connectivity index (χ1n) is 4.26. The molecule has 0 amide bonds. The van der Waals surface area contributed by atoms with Crippen molar-refractivity contribution in [3.8, 4) is 16.3 Å². The Morgan fingerprint density at radius 3 is 2.67 bits per heavy atom. The van der Waals surface area contributed by atoms with Crippen molar-refractivity contribution in [2.24, 2.45) is 0 Å². The minimum absolute atomic E-state index is 0.422. The first-order valence-corrected chi connectivity index (χ1v) is 6.37. The average molecular weight is 234 g/mol. The summed E-state index contributed by atoms with van der Waals surface area (Å²) in [6, 6.07) is 7.09. The molecule has 0 unspecified atom stereocenters. The Bertz CT molecular complexity index is 671. The Hall–Kier alpha value is -1.46. The molecule has 0 saturated heterocycles. The fourth-order valence-corrected chi connectivity index (χ4v) is 3.46. The maximum atomic E-state index is 11.7. The van der Waals surface area contributed by atoms with Gasteiger partial charge in [-0.3, -0.25) is 9.90 Å². The predicted octanol–water partition coefficient (Wildman–Crippen LogP) is 2.97. The maximum absolute atomic E-state index is 11.7. The highest BCUT2D eigenvalue weighted by Gasteiger charge is 2.20. The molecule has 0 N–H and O–H groups in total. The van der Waals surface area contributed by atoms with E-state index in [9.17, 15) is 9.90 Å². The van der Waals surface area contributed by atoms with E-state index in [1.54, 1.807) is 12.1 Å². The standard InChI is InChI=1S/C10H4NO2S2/c12-8-6-4-2-1-3-5(6)7-10(9(8)13)14-15-11-7/h1-4H. The summed E-state index contributed by atoms with van der Waals surface area (Å²) in [4.78, 5) is 12.2. The third-order valence-corrected chi connectivity index (χ3v) is 4.13. The summed E-state index contributed by atoms with van der Waals surface area (Å²) in [5.74, 6) is -0.428. The van der Waals surface area contributed by atoms with Gasteiger partial charge in [-0.1, -0.05) is 34.6 Å². The van der Waals surface area contributed by atoms with Gasteiger partial charge in [-0.15, -0.1) is 0 Å². The SMILES string of the molecule is [O]c1c2ssnc-2c2ccccc2c1=O. The Morgan fingerprint density at radius 2 is 1.87 bits per heavy atom. The lowest BCUT2D eigenvalue weighted by atomic mass is 10.1. The molecule has 15 heavy (non-hydrogen) atoms. The molecule has 0 fully saturated rings. The van der Waals surface area contributed by atoms with Crippen molar-refractivity contribution in [3.05, 3.63) is 34.5 Å². The van der Waals surface area contributed by atoms with Gasteiger partial charge in [0.25, 0.3) is 0 Å². The molecule has 3 nitrogen and oxygen atoms in total. The van der Waals surface area contributed by atoms with Crippen molar-refractivity contribution >= 4 is 31.6 Å². The first kappa shape index (κ1) is 8.82. The van der Waals surface area contributed by atoms with Crippen LogP contribution in [0.4, 0.5) is 0 Å². The number of fused-ring (bicyclic) bond motifs is 3. The van der Waals surface area contributed by atoms with Gasteiger partial charge < -0.3 is 0 Å². The van der Waals surface area contributed by atoms with Crippen LogP contribution in [0.1, 0.15) is 0 Å². The molecule has 1 heterocycles. The maximum Gasteiger partial charge on any atom is 0.246 e. The van der Waals surface area contributed by atoms with Gasteiger partial charge in [-0.2, -0.15) is 4.37 Å². The van der Waals surface area contributed by atoms with E-state index in [1.807, 2.05) is 12.1 Å². The number of nitrogens with zero attached hydrogens (tertiary/aromatic N) is 1. The molecule has 0 aromatic heterocycles. The summed E-state index contributed by atoms with van der Waals surface area (Å²) in [5.41, 5.74) is 0.236. The van der Waals surface area contributed by atoms with Crippen LogP contribution < -0.4 is 5.43 Å². The van der Waals surface area contributed by atoms with E-state index in [4.69, 9.17) is 0 Å². The second-order valence-corrected chi connectivity index (χ2v) is 4.98. The van der Waals surface area contributed by atoms with Crippen molar-refractivity contribution in [1.82, 2.24) is 4.37 Å². The van der Waals surface area contributed by atoms with Crippen molar-refractivity contribution in [2.75, 3.05) is 0 Å². The summed E-state index contributed by atoms with van der Waals surface area (Å²) in [5, 5.41) is 12.9. The molecule has 0 bridgehead atoms. The summed E-state index contributed by atoms with van der Waals surface area (Å²) in [6.07, 6.45) is 0. The summed E-state index contributed by atoms with van der Waals surface area (Å²) in [6.45, 7) is 0. The monoisotopic (exact) mass is 234 g/mol. The van der Waals surface area contributed by atoms with Gasteiger partial charge in [-0.25, -0.2) is 0 Å². The zero-order valence-corrected chi connectivity index (χ0v) is 9.02. The smallest absolute Gasteiger partial charge is 0.246 e. The number of hydrogen-bond acceptors (Lipinski definition) is 4. The minimum atomic E-state index is -0.428. The molecule has 1 aromatic rings. The van der Waals surface area contributed by atoms with Crippen LogP contribution in [0.2, 0.25) is 0 Å². The van der Waals surface area contributed by atoms with Gasteiger partial charge in [0.05, 0.1) is 0 Å². The van der Waals surface area contributed by atoms with Gasteiger partial charge in [-0.05, 0) is 0 Å². The average Bonchev–Trinajstić information content (AvgIpc) is 2.75. The van der Waals surface area contributed by atoms with Gasteiger partial charge in [0.1, 0.15) is 10.6 Å². The zero-order valence-electron chi connectivity index (χ0n) is 7.39. The van der Waals surface area contributed by atoms with Crippen LogP contribution in [-0.4, -0.2) is 4.37 Å². The van der Waals surface area contributed by atoms with Gasteiger partial charge in [0.2, 0.25) is 11.2 Å². The normalized spacial score (nSPS) is 11.2. The number of rotatable bonds is 0. The van der Waals surface area contributed by atoms with E-state index in [2.05, 4.69) is 4.37 Å². The van der Waals surface area contributed by atoms with Crippen LogP contribution >= 0.6 is 20.9 Å². The van der Waals surface area contributed by atoms with E-state index in [0.717, 1.165) is 5.39 Å². The lowest BCUT2D eigenvalue weighted by molar-refractivity contribution is 0.354. The Morgan fingerprint density at radius 1 is 1.13 bits per heavy atom. The molecule has 5 heteroatoms. The van der Waals surface area contributed by atoms with E-state index in [1.165, 1.54) is 20.9 Å². The second kappa shape index (κ2) is 3.01. The van der Waals surface area contributed by atoms with Crippen LogP contribution in [0.25, 0.3) is 21.3 Å². The lowest BCUT2D eigenvalue weighted by Crippen LogP contribution is -2.02. The molecule has 0 spiro atoms. The number of benzene rings is 2. The molecule has 1 aliphatic heterocycles. The fourth-order valence-electron chi connectivity index (χ4n) is 1.60. The quantitative estimate of drug-likeness (QED) is 0.561. The van der Waals surface area contributed by atoms with Crippen LogP contribution in [0, 0.1) is 0 Å².